The lowest BCUT2D eigenvalue weighted by Crippen LogP contribution is -2.19. The fourth-order valence-corrected chi connectivity index (χ4v) is 1.70. The Bertz CT molecular complexity index is 305. The summed E-state index contributed by atoms with van der Waals surface area (Å²) in [6.45, 7) is 2.76. The first kappa shape index (κ1) is 12.6. The summed E-state index contributed by atoms with van der Waals surface area (Å²) in [5.74, 6) is -0.214. The molecule has 0 spiro atoms. The van der Waals surface area contributed by atoms with Crippen LogP contribution in [-0.4, -0.2) is 20.1 Å². The van der Waals surface area contributed by atoms with Crippen molar-refractivity contribution in [3.8, 4) is 0 Å². The van der Waals surface area contributed by atoms with Crippen molar-refractivity contribution in [3.05, 3.63) is 34.1 Å². The van der Waals surface area contributed by atoms with E-state index in [2.05, 4.69) is 26.6 Å². The molecule has 2 nitrogen and oxygen atoms in total. The van der Waals surface area contributed by atoms with Crippen LogP contribution in [0.5, 0.6) is 0 Å². The highest BCUT2D eigenvalue weighted by molar-refractivity contribution is 9.10. The van der Waals surface area contributed by atoms with Crippen LogP contribution >= 0.6 is 15.9 Å². The van der Waals surface area contributed by atoms with Gasteiger partial charge >= 0.3 is 0 Å². The Morgan fingerprint density at radius 1 is 1.33 bits per heavy atom. The molecule has 0 amide bonds. The molecular formula is C11H16BrFN2. The third-order valence-electron chi connectivity index (χ3n) is 2.09. The zero-order valence-corrected chi connectivity index (χ0v) is 10.4. The summed E-state index contributed by atoms with van der Waals surface area (Å²) in [5.41, 5.74) is 1.09. The molecule has 1 rings (SSSR count). The zero-order valence-electron chi connectivity index (χ0n) is 8.82. The molecule has 1 aromatic carbocycles. The van der Waals surface area contributed by atoms with E-state index in [4.69, 9.17) is 0 Å². The molecular weight excluding hydrogens is 259 g/mol. The molecule has 0 heterocycles. The largest absolute Gasteiger partial charge is 0.320 e. The minimum absolute atomic E-state index is 0.214. The van der Waals surface area contributed by atoms with Gasteiger partial charge in [0, 0.05) is 6.54 Å². The van der Waals surface area contributed by atoms with Crippen molar-refractivity contribution in [1.82, 2.24) is 10.6 Å². The van der Waals surface area contributed by atoms with Crippen molar-refractivity contribution >= 4 is 15.9 Å². The van der Waals surface area contributed by atoms with Crippen LogP contribution in [0.1, 0.15) is 12.0 Å². The summed E-state index contributed by atoms with van der Waals surface area (Å²) < 4.78 is 13.4. The van der Waals surface area contributed by atoms with E-state index >= 15 is 0 Å². The Labute approximate surface area is 98.4 Å². The molecule has 0 aliphatic heterocycles. The van der Waals surface area contributed by atoms with Crippen LogP contribution in [0.4, 0.5) is 4.39 Å². The number of nitrogens with one attached hydrogen (secondary N) is 2. The lowest BCUT2D eigenvalue weighted by molar-refractivity contribution is 0.612. The molecule has 1 aromatic rings. The van der Waals surface area contributed by atoms with E-state index in [1.165, 1.54) is 6.07 Å². The summed E-state index contributed by atoms with van der Waals surface area (Å²) in [6.07, 6.45) is 1.10. The molecule has 0 atom stereocenters. The Kier molecular flexibility index (Phi) is 5.83. The van der Waals surface area contributed by atoms with E-state index in [0.29, 0.717) is 4.47 Å². The first-order valence-corrected chi connectivity index (χ1v) is 5.82. The molecule has 0 aliphatic rings. The average Bonchev–Trinajstić information content (AvgIpc) is 2.23. The van der Waals surface area contributed by atoms with Gasteiger partial charge in [-0.2, -0.15) is 0 Å². The van der Waals surface area contributed by atoms with Crippen LogP contribution < -0.4 is 10.6 Å². The molecule has 0 saturated carbocycles. The number of rotatable bonds is 6. The third kappa shape index (κ3) is 4.73. The summed E-state index contributed by atoms with van der Waals surface area (Å²) in [7, 11) is 1.94. The number of hydrogen-bond donors (Lipinski definition) is 2. The minimum Gasteiger partial charge on any atom is -0.320 e. The summed E-state index contributed by atoms with van der Waals surface area (Å²) in [5, 5.41) is 6.39. The smallest absolute Gasteiger partial charge is 0.137 e. The first-order chi connectivity index (χ1) is 7.24. The van der Waals surface area contributed by atoms with Gasteiger partial charge in [0.1, 0.15) is 5.82 Å². The molecule has 0 aliphatic carbocycles. The minimum atomic E-state index is -0.214. The normalized spacial score (nSPS) is 10.6. The fraction of sp³-hybridized carbons (Fsp3) is 0.455. The van der Waals surface area contributed by atoms with E-state index in [1.807, 2.05) is 7.05 Å². The number of hydrogen-bond acceptors (Lipinski definition) is 2. The predicted molar refractivity (Wildman–Crippen MR) is 64.4 cm³/mol. The van der Waals surface area contributed by atoms with Gasteiger partial charge in [-0.15, -0.1) is 0 Å². The highest BCUT2D eigenvalue weighted by Crippen LogP contribution is 2.16. The second kappa shape index (κ2) is 6.93. The quantitative estimate of drug-likeness (QED) is 0.778. The first-order valence-electron chi connectivity index (χ1n) is 5.03. The average molecular weight is 275 g/mol. The number of halogens is 2. The van der Waals surface area contributed by atoms with E-state index < -0.39 is 0 Å². The Morgan fingerprint density at radius 2 is 2.13 bits per heavy atom. The molecule has 0 unspecified atom stereocenters. The van der Waals surface area contributed by atoms with Crippen LogP contribution in [0, 0.1) is 5.82 Å². The molecule has 0 bridgehead atoms. The van der Waals surface area contributed by atoms with Gasteiger partial charge in [0.25, 0.3) is 0 Å². The molecule has 4 heteroatoms. The maximum Gasteiger partial charge on any atom is 0.137 e. The van der Waals surface area contributed by atoms with Crippen molar-refractivity contribution < 1.29 is 4.39 Å². The Balaban J connectivity index is 2.28. The van der Waals surface area contributed by atoms with E-state index in [0.717, 1.165) is 31.6 Å². The van der Waals surface area contributed by atoms with Gasteiger partial charge in [0.2, 0.25) is 0 Å². The molecule has 15 heavy (non-hydrogen) atoms. The van der Waals surface area contributed by atoms with E-state index in [1.54, 1.807) is 12.1 Å². The summed E-state index contributed by atoms with van der Waals surface area (Å²) >= 11 is 3.17. The van der Waals surface area contributed by atoms with Gasteiger partial charge in [-0.1, -0.05) is 6.07 Å². The second-order valence-corrected chi connectivity index (χ2v) is 4.24. The highest BCUT2D eigenvalue weighted by Gasteiger charge is 1.99. The maximum atomic E-state index is 12.9. The van der Waals surface area contributed by atoms with Crippen LogP contribution in [0.15, 0.2) is 22.7 Å². The molecule has 0 fully saturated rings. The van der Waals surface area contributed by atoms with Gasteiger partial charge in [0.15, 0.2) is 0 Å². The van der Waals surface area contributed by atoms with Gasteiger partial charge < -0.3 is 10.6 Å². The fourth-order valence-electron chi connectivity index (χ4n) is 1.27. The van der Waals surface area contributed by atoms with Gasteiger partial charge in [0.05, 0.1) is 4.47 Å². The lowest BCUT2D eigenvalue weighted by atomic mass is 10.2. The van der Waals surface area contributed by atoms with Crippen molar-refractivity contribution in [2.75, 3.05) is 20.1 Å². The molecule has 0 saturated heterocycles. The second-order valence-electron chi connectivity index (χ2n) is 3.38. The van der Waals surface area contributed by atoms with E-state index in [9.17, 15) is 4.39 Å². The van der Waals surface area contributed by atoms with Gasteiger partial charge in [-0.05, 0) is 60.2 Å². The third-order valence-corrected chi connectivity index (χ3v) is 2.70. The standard InChI is InChI=1S/C11H16BrFN2/c1-14-5-2-6-15-8-9-3-4-11(13)10(12)7-9/h3-4,7,14-15H,2,5-6,8H2,1H3. The maximum absolute atomic E-state index is 12.9. The number of benzene rings is 1. The summed E-state index contributed by atoms with van der Waals surface area (Å²) in [6, 6.07) is 5.08. The van der Waals surface area contributed by atoms with Crippen molar-refractivity contribution in [1.29, 1.82) is 0 Å². The van der Waals surface area contributed by atoms with Crippen LogP contribution in [0.3, 0.4) is 0 Å². The van der Waals surface area contributed by atoms with Crippen LogP contribution in [-0.2, 0) is 6.54 Å². The predicted octanol–water partition coefficient (Wildman–Crippen LogP) is 2.29. The van der Waals surface area contributed by atoms with E-state index in [-0.39, 0.29) is 5.82 Å². The van der Waals surface area contributed by atoms with Crippen LogP contribution in [0.25, 0.3) is 0 Å². The molecule has 0 aromatic heterocycles. The van der Waals surface area contributed by atoms with Gasteiger partial charge in [-0.25, -0.2) is 4.39 Å². The Morgan fingerprint density at radius 3 is 2.80 bits per heavy atom. The molecule has 2 N–H and O–H groups in total. The SMILES string of the molecule is CNCCCNCc1ccc(F)c(Br)c1. The monoisotopic (exact) mass is 274 g/mol. The van der Waals surface area contributed by atoms with Crippen molar-refractivity contribution in [2.24, 2.45) is 0 Å². The van der Waals surface area contributed by atoms with Crippen molar-refractivity contribution in [3.63, 3.8) is 0 Å². The lowest BCUT2D eigenvalue weighted by Gasteiger charge is -2.05. The van der Waals surface area contributed by atoms with Gasteiger partial charge in [-0.3, -0.25) is 0 Å². The van der Waals surface area contributed by atoms with Crippen molar-refractivity contribution in [2.45, 2.75) is 13.0 Å². The highest BCUT2D eigenvalue weighted by atomic mass is 79.9. The zero-order chi connectivity index (χ0) is 11.1. The summed E-state index contributed by atoms with van der Waals surface area (Å²) in [4.78, 5) is 0. The van der Waals surface area contributed by atoms with Crippen LogP contribution in [0.2, 0.25) is 0 Å². The molecule has 0 radical (unpaired) electrons. The topological polar surface area (TPSA) is 24.1 Å². The molecule has 84 valence electrons. The Hall–Kier alpha value is -0.450.